The Hall–Kier alpha value is -1.15. The van der Waals surface area contributed by atoms with Gasteiger partial charge in [-0.3, -0.25) is 9.88 Å². The maximum absolute atomic E-state index is 4.30. The second kappa shape index (κ2) is 8.21. The van der Waals surface area contributed by atoms with Crippen molar-refractivity contribution in [2.45, 2.75) is 52.4 Å². The normalized spacial score (nSPS) is 15.9. The van der Waals surface area contributed by atoms with Crippen LogP contribution in [0.15, 0.2) is 30.1 Å². The van der Waals surface area contributed by atoms with Gasteiger partial charge in [-0.25, -0.2) is 0 Å². The second-order valence-corrected chi connectivity index (χ2v) is 5.81. The molecule has 1 aromatic heterocycles. The van der Waals surface area contributed by atoms with Crippen molar-refractivity contribution in [1.82, 2.24) is 9.88 Å². The zero-order valence-corrected chi connectivity index (χ0v) is 13.1. The minimum absolute atomic E-state index is 1.16. The van der Waals surface area contributed by atoms with Crippen LogP contribution in [-0.2, 0) is 0 Å². The summed E-state index contributed by atoms with van der Waals surface area (Å²) in [4.78, 5) is 6.92. The molecule has 1 aromatic rings. The van der Waals surface area contributed by atoms with Crippen LogP contribution < -0.4 is 0 Å². The van der Waals surface area contributed by atoms with Gasteiger partial charge in [0.15, 0.2) is 0 Å². The molecule has 0 unspecified atom stereocenters. The summed E-state index contributed by atoms with van der Waals surface area (Å²) in [5.41, 5.74) is 4.57. The molecule has 0 saturated heterocycles. The van der Waals surface area contributed by atoms with Gasteiger partial charge in [0.05, 0.1) is 0 Å². The fourth-order valence-electron chi connectivity index (χ4n) is 3.20. The largest absolute Gasteiger partial charge is 0.299 e. The van der Waals surface area contributed by atoms with E-state index in [1.54, 1.807) is 11.1 Å². The van der Waals surface area contributed by atoms with Crippen molar-refractivity contribution in [1.29, 1.82) is 0 Å². The number of nitrogens with zero attached hydrogens (tertiary/aromatic N) is 2. The molecule has 0 saturated carbocycles. The van der Waals surface area contributed by atoms with E-state index >= 15 is 0 Å². The molecule has 20 heavy (non-hydrogen) atoms. The van der Waals surface area contributed by atoms with E-state index in [1.807, 2.05) is 12.4 Å². The van der Waals surface area contributed by atoms with E-state index in [-0.39, 0.29) is 0 Å². The van der Waals surface area contributed by atoms with Gasteiger partial charge in [-0.15, -0.1) is 0 Å². The van der Waals surface area contributed by atoms with Gasteiger partial charge in [0, 0.05) is 18.9 Å². The van der Waals surface area contributed by atoms with Crippen LogP contribution >= 0.6 is 0 Å². The SMILES string of the molecule is CCCN(CCC)CC1=C(c2cccnc2)CCCC1. The number of hydrogen-bond acceptors (Lipinski definition) is 2. The Morgan fingerprint density at radius 1 is 1.10 bits per heavy atom. The molecule has 0 N–H and O–H groups in total. The lowest BCUT2D eigenvalue weighted by molar-refractivity contribution is 0.293. The quantitative estimate of drug-likeness (QED) is 0.725. The molecule has 1 aliphatic carbocycles. The summed E-state index contributed by atoms with van der Waals surface area (Å²) < 4.78 is 0. The highest BCUT2D eigenvalue weighted by molar-refractivity contribution is 5.69. The molecular formula is C18H28N2. The third kappa shape index (κ3) is 4.17. The van der Waals surface area contributed by atoms with Crippen LogP contribution in [0.2, 0.25) is 0 Å². The summed E-state index contributed by atoms with van der Waals surface area (Å²) in [6.07, 6.45) is 11.6. The first-order chi connectivity index (χ1) is 9.85. The van der Waals surface area contributed by atoms with Crippen molar-refractivity contribution >= 4 is 5.57 Å². The molecule has 110 valence electrons. The molecule has 0 amide bonds. The fourth-order valence-corrected chi connectivity index (χ4v) is 3.20. The number of rotatable bonds is 7. The van der Waals surface area contributed by atoms with Crippen LogP contribution in [0.25, 0.3) is 5.57 Å². The minimum atomic E-state index is 1.16. The van der Waals surface area contributed by atoms with Gasteiger partial charge in [0.1, 0.15) is 0 Å². The number of aromatic nitrogens is 1. The Kier molecular flexibility index (Phi) is 6.25. The smallest absolute Gasteiger partial charge is 0.0343 e. The minimum Gasteiger partial charge on any atom is -0.299 e. The second-order valence-electron chi connectivity index (χ2n) is 5.81. The third-order valence-electron chi connectivity index (χ3n) is 4.09. The van der Waals surface area contributed by atoms with E-state index in [9.17, 15) is 0 Å². The lowest BCUT2D eigenvalue weighted by Gasteiger charge is -2.27. The zero-order valence-electron chi connectivity index (χ0n) is 13.1. The first-order valence-electron chi connectivity index (χ1n) is 8.18. The first kappa shape index (κ1) is 15.2. The zero-order chi connectivity index (χ0) is 14.2. The number of hydrogen-bond donors (Lipinski definition) is 0. The first-order valence-corrected chi connectivity index (χ1v) is 8.18. The molecule has 1 heterocycles. The molecule has 0 radical (unpaired) electrons. The molecule has 2 heteroatoms. The predicted molar refractivity (Wildman–Crippen MR) is 86.6 cm³/mol. The number of allylic oxidation sites excluding steroid dienone is 1. The summed E-state index contributed by atoms with van der Waals surface area (Å²) in [5.74, 6) is 0. The van der Waals surface area contributed by atoms with Gasteiger partial charge >= 0.3 is 0 Å². The summed E-state index contributed by atoms with van der Waals surface area (Å²) in [6, 6.07) is 4.28. The van der Waals surface area contributed by atoms with E-state index in [0.717, 1.165) is 6.54 Å². The molecule has 0 aromatic carbocycles. The molecule has 2 rings (SSSR count). The highest BCUT2D eigenvalue weighted by Crippen LogP contribution is 2.32. The van der Waals surface area contributed by atoms with Gasteiger partial charge in [-0.05, 0) is 68.8 Å². The number of pyridine rings is 1. The molecule has 0 atom stereocenters. The highest BCUT2D eigenvalue weighted by atomic mass is 15.1. The fraction of sp³-hybridized carbons (Fsp3) is 0.611. The molecule has 2 nitrogen and oxygen atoms in total. The van der Waals surface area contributed by atoms with Crippen molar-refractivity contribution in [3.8, 4) is 0 Å². The van der Waals surface area contributed by atoms with Crippen LogP contribution in [-0.4, -0.2) is 29.5 Å². The predicted octanol–water partition coefficient (Wildman–Crippen LogP) is 4.53. The Morgan fingerprint density at radius 3 is 2.50 bits per heavy atom. The van der Waals surface area contributed by atoms with Gasteiger partial charge in [0.25, 0.3) is 0 Å². The summed E-state index contributed by atoms with van der Waals surface area (Å²) >= 11 is 0. The van der Waals surface area contributed by atoms with Crippen molar-refractivity contribution in [3.05, 3.63) is 35.7 Å². The molecule has 0 fully saturated rings. The van der Waals surface area contributed by atoms with Crippen LogP contribution in [0.1, 0.15) is 57.9 Å². The van der Waals surface area contributed by atoms with E-state index in [0.29, 0.717) is 0 Å². The topological polar surface area (TPSA) is 16.1 Å². The molecule has 0 spiro atoms. The van der Waals surface area contributed by atoms with E-state index in [4.69, 9.17) is 0 Å². The van der Waals surface area contributed by atoms with Crippen LogP contribution in [0, 0.1) is 0 Å². The van der Waals surface area contributed by atoms with Crippen molar-refractivity contribution < 1.29 is 0 Å². The highest BCUT2D eigenvalue weighted by Gasteiger charge is 2.16. The Morgan fingerprint density at radius 2 is 1.85 bits per heavy atom. The lowest BCUT2D eigenvalue weighted by Crippen LogP contribution is -2.28. The lowest BCUT2D eigenvalue weighted by atomic mass is 9.87. The molecular weight excluding hydrogens is 244 g/mol. The van der Waals surface area contributed by atoms with Gasteiger partial charge in [0.2, 0.25) is 0 Å². The van der Waals surface area contributed by atoms with Crippen LogP contribution in [0.5, 0.6) is 0 Å². The van der Waals surface area contributed by atoms with Crippen molar-refractivity contribution in [3.63, 3.8) is 0 Å². The van der Waals surface area contributed by atoms with E-state index in [1.165, 1.54) is 57.2 Å². The van der Waals surface area contributed by atoms with Crippen LogP contribution in [0.4, 0.5) is 0 Å². The van der Waals surface area contributed by atoms with Crippen LogP contribution in [0.3, 0.4) is 0 Å². The standard InChI is InChI=1S/C18H28N2/c1-3-12-20(13-4-2)15-17-8-5-6-10-18(17)16-9-7-11-19-14-16/h7,9,11,14H,3-6,8,10,12-13,15H2,1-2H3. The summed E-state index contributed by atoms with van der Waals surface area (Å²) in [5, 5.41) is 0. The summed E-state index contributed by atoms with van der Waals surface area (Å²) in [6.45, 7) is 8.15. The monoisotopic (exact) mass is 272 g/mol. The van der Waals surface area contributed by atoms with Crippen molar-refractivity contribution in [2.24, 2.45) is 0 Å². The van der Waals surface area contributed by atoms with Gasteiger partial charge < -0.3 is 0 Å². The Labute approximate surface area is 123 Å². The average molecular weight is 272 g/mol. The van der Waals surface area contributed by atoms with Gasteiger partial charge in [-0.1, -0.05) is 25.5 Å². The summed E-state index contributed by atoms with van der Waals surface area (Å²) in [7, 11) is 0. The van der Waals surface area contributed by atoms with Gasteiger partial charge in [-0.2, -0.15) is 0 Å². The van der Waals surface area contributed by atoms with E-state index < -0.39 is 0 Å². The molecule has 0 aliphatic heterocycles. The van der Waals surface area contributed by atoms with Crippen molar-refractivity contribution in [2.75, 3.05) is 19.6 Å². The third-order valence-corrected chi connectivity index (χ3v) is 4.09. The van der Waals surface area contributed by atoms with E-state index in [2.05, 4.69) is 35.9 Å². The maximum Gasteiger partial charge on any atom is 0.0343 e. The Bertz CT molecular complexity index is 416. The molecule has 1 aliphatic rings. The maximum atomic E-state index is 4.30. The average Bonchev–Trinajstić information content (AvgIpc) is 2.49. The molecule has 0 bridgehead atoms. The Balaban J connectivity index is 2.17.